The van der Waals surface area contributed by atoms with Crippen LogP contribution in [0.4, 0.5) is 5.82 Å². The van der Waals surface area contributed by atoms with E-state index in [1.165, 1.54) is 6.33 Å². The number of aromatic nitrogens is 3. The fourth-order valence-corrected chi connectivity index (χ4v) is 2.63. The van der Waals surface area contributed by atoms with Crippen LogP contribution < -0.4 is 4.90 Å². The van der Waals surface area contributed by atoms with Crippen molar-refractivity contribution in [1.82, 2.24) is 14.5 Å². The Labute approximate surface area is 121 Å². The maximum atomic E-state index is 10.1. The summed E-state index contributed by atoms with van der Waals surface area (Å²) in [5.74, 6) is 0.755. The van der Waals surface area contributed by atoms with E-state index in [-0.39, 0.29) is 6.61 Å². The van der Waals surface area contributed by atoms with Gasteiger partial charge >= 0.3 is 0 Å². The summed E-state index contributed by atoms with van der Waals surface area (Å²) in [6, 6.07) is 1.83. The van der Waals surface area contributed by atoms with E-state index in [2.05, 4.69) is 9.97 Å². The van der Waals surface area contributed by atoms with Gasteiger partial charge in [0, 0.05) is 20.3 Å². The summed E-state index contributed by atoms with van der Waals surface area (Å²) in [6.07, 6.45) is -0.692. The predicted molar refractivity (Wildman–Crippen MR) is 74.9 cm³/mol. The lowest BCUT2D eigenvalue weighted by molar-refractivity contribution is -0.0508. The molecule has 8 heteroatoms. The fourth-order valence-electron chi connectivity index (χ4n) is 2.63. The smallest absolute Gasteiger partial charge is 0.164 e. The first kappa shape index (κ1) is 14.2. The number of hydrogen-bond donors (Lipinski definition) is 3. The van der Waals surface area contributed by atoms with E-state index in [4.69, 9.17) is 9.84 Å². The first-order valence-corrected chi connectivity index (χ1v) is 6.66. The number of nitrogens with zero attached hydrogens (tertiary/aromatic N) is 4. The Hall–Kier alpha value is -1.74. The summed E-state index contributed by atoms with van der Waals surface area (Å²) < 4.78 is 7.17. The molecule has 3 N–H and O–H groups in total. The molecule has 1 aliphatic rings. The van der Waals surface area contributed by atoms with Crippen molar-refractivity contribution in [2.24, 2.45) is 0 Å². The van der Waals surface area contributed by atoms with Gasteiger partial charge in [-0.25, -0.2) is 9.97 Å². The van der Waals surface area contributed by atoms with Gasteiger partial charge in [-0.15, -0.1) is 0 Å². The van der Waals surface area contributed by atoms with Crippen LogP contribution in [0.25, 0.3) is 11.0 Å². The van der Waals surface area contributed by atoms with Crippen molar-refractivity contribution in [3.63, 3.8) is 0 Å². The maximum Gasteiger partial charge on any atom is 0.164 e. The molecule has 3 heterocycles. The van der Waals surface area contributed by atoms with Crippen molar-refractivity contribution in [3.8, 4) is 0 Å². The lowest BCUT2D eigenvalue weighted by atomic mass is 10.1. The summed E-state index contributed by atoms with van der Waals surface area (Å²) in [7, 11) is 3.76. The molecule has 1 saturated heterocycles. The highest BCUT2D eigenvalue weighted by Crippen LogP contribution is 2.33. The molecule has 0 bridgehead atoms. The van der Waals surface area contributed by atoms with E-state index in [1.54, 1.807) is 10.8 Å². The minimum Gasteiger partial charge on any atom is -0.394 e. The minimum absolute atomic E-state index is 0.355. The molecule has 2 aromatic heterocycles. The molecule has 2 aromatic rings. The fraction of sp³-hybridized carbons (Fsp3) is 0.538. The van der Waals surface area contributed by atoms with Gasteiger partial charge in [-0.2, -0.15) is 0 Å². The van der Waals surface area contributed by atoms with E-state index >= 15 is 0 Å². The maximum absolute atomic E-state index is 10.1. The largest absolute Gasteiger partial charge is 0.394 e. The summed E-state index contributed by atoms with van der Waals surface area (Å²) >= 11 is 0. The molecule has 0 unspecified atom stereocenters. The molecule has 114 valence electrons. The zero-order valence-corrected chi connectivity index (χ0v) is 11.8. The van der Waals surface area contributed by atoms with Crippen LogP contribution >= 0.6 is 0 Å². The Morgan fingerprint density at radius 3 is 2.67 bits per heavy atom. The molecule has 0 aromatic carbocycles. The Kier molecular flexibility index (Phi) is 3.54. The second kappa shape index (κ2) is 5.23. The first-order chi connectivity index (χ1) is 10.0. The van der Waals surface area contributed by atoms with Crippen LogP contribution in [0.5, 0.6) is 0 Å². The van der Waals surface area contributed by atoms with E-state index in [0.29, 0.717) is 5.65 Å². The quantitative estimate of drug-likeness (QED) is 0.674. The van der Waals surface area contributed by atoms with Gasteiger partial charge in [0.25, 0.3) is 0 Å². The van der Waals surface area contributed by atoms with Crippen LogP contribution in [0.3, 0.4) is 0 Å². The molecule has 0 spiro atoms. The molecule has 0 saturated carbocycles. The van der Waals surface area contributed by atoms with Gasteiger partial charge in [0.2, 0.25) is 0 Å². The third-order valence-electron chi connectivity index (χ3n) is 3.70. The second-order valence-electron chi connectivity index (χ2n) is 5.28. The number of rotatable bonds is 3. The third kappa shape index (κ3) is 2.16. The van der Waals surface area contributed by atoms with Gasteiger partial charge < -0.3 is 29.5 Å². The molecule has 0 amide bonds. The molecule has 0 aliphatic carbocycles. The lowest BCUT2D eigenvalue weighted by Crippen LogP contribution is -2.33. The highest BCUT2D eigenvalue weighted by Gasteiger charge is 2.43. The molecule has 4 atom stereocenters. The minimum atomic E-state index is -1.13. The van der Waals surface area contributed by atoms with Crippen molar-refractivity contribution in [1.29, 1.82) is 0 Å². The average molecular weight is 294 g/mol. The Morgan fingerprint density at radius 2 is 2.05 bits per heavy atom. The average Bonchev–Trinajstić information content (AvgIpc) is 3.01. The van der Waals surface area contributed by atoms with Gasteiger partial charge in [0.1, 0.15) is 36.1 Å². The van der Waals surface area contributed by atoms with Gasteiger partial charge in [-0.3, -0.25) is 0 Å². The molecule has 3 rings (SSSR count). The normalized spacial score (nSPS) is 29.2. The van der Waals surface area contributed by atoms with Gasteiger partial charge in [-0.05, 0) is 6.07 Å². The van der Waals surface area contributed by atoms with Crippen LogP contribution in [0.1, 0.15) is 6.23 Å². The molecule has 1 fully saturated rings. The topological polar surface area (TPSA) is 104 Å². The van der Waals surface area contributed by atoms with Crippen molar-refractivity contribution >= 4 is 16.9 Å². The van der Waals surface area contributed by atoms with Crippen LogP contribution in [-0.4, -0.2) is 68.9 Å². The number of fused-ring (bicyclic) bond motifs is 1. The van der Waals surface area contributed by atoms with Crippen molar-refractivity contribution in [2.75, 3.05) is 25.6 Å². The zero-order chi connectivity index (χ0) is 15.1. The van der Waals surface area contributed by atoms with Crippen LogP contribution in [-0.2, 0) is 4.74 Å². The van der Waals surface area contributed by atoms with Gasteiger partial charge in [0.05, 0.1) is 12.0 Å². The number of hydrogen-bond acceptors (Lipinski definition) is 7. The summed E-state index contributed by atoms with van der Waals surface area (Å²) in [5.41, 5.74) is 0.600. The highest BCUT2D eigenvalue weighted by molar-refractivity contribution is 5.87. The molecular formula is C13H18N4O4. The molecule has 1 aliphatic heterocycles. The van der Waals surface area contributed by atoms with Crippen molar-refractivity contribution in [2.45, 2.75) is 24.5 Å². The van der Waals surface area contributed by atoms with E-state index in [0.717, 1.165) is 11.2 Å². The number of anilines is 1. The monoisotopic (exact) mass is 294 g/mol. The van der Waals surface area contributed by atoms with Gasteiger partial charge in [0.15, 0.2) is 6.23 Å². The standard InChI is InChI=1S/C13H18N4O4/c1-16(2)11-7-3-4-17(12(7)15-6-14-11)13-10(20)9(19)8(5-18)21-13/h3-4,6,8-10,13,18-20H,5H2,1-2H3/t8-,9+,10+,13+/m0/s1. The second-order valence-corrected chi connectivity index (χ2v) is 5.28. The van der Waals surface area contributed by atoms with E-state index < -0.39 is 24.5 Å². The van der Waals surface area contributed by atoms with Crippen molar-refractivity contribution < 1.29 is 20.1 Å². The molecular weight excluding hydrogens is 276 g/mol. The zero-order valence-electron chi connectivity index (χ0n) is 11.8. The third-order valence-corrected chi connectivity index (χ3v) is 3.70. The molecule has 0 radical (unpaired) electrons. The molecule has 8 nitrogen and oxygen atoms in total. The number of aliphatic hydroxyl groups excluding tert-OH is 3. The van der Waals surface area contributed by atoms with Crippen LogP contribution in [0.15, 0.2) is 18.6 Å². The Bertz CT molecular complexity index is 644. The highest BCUT2D eigenvalue weighted by atomic mass is 16.6. The van der Waals surface area contributed by atoms with Crippen LogP contribution in [0.2, 0.25) is 0 Å². The van der Waals surface area contributed by atoms with E-state index in [9.17, 15) is 10.2 Å². The van der Waals surface area contributed by atoms with Crippen molar-refractivity contribution in [3.05, 3.63) is 18.6 Å². The number of aliphatic hydroxyl groups is 3. The molecule has 21 heavy (non-hydrogen) atoms. The Morgan fingerprint density at radius 1 is 1.29 bits per heavy atom. The number of ether oxygens (including phenoxy) is 1. The lowest BCUT2D eigenvalue weighted by Gasteiger charge is -2.18. The van der Waals surface area contributed by atoms with Crippen LogP contribution in [0, 0.1) is 0 Å². The van der Waals surface area contributed by atoms with E-state index in [1.807, 2.05) is 25.1 Å². The van der Waals surface area contributed by atoms with Gasteiger partial charge in [-0.1, -0.05) is 0 Å². The first-order valence-electron chi connectivity index (χ1n) is 6.66. The summed E-state index contributed by atoms with van der Waals surface area (Å²) in [4.78, 5) is 10.3. The Balaban J connectivity index is 2.04. The SMILES string of the molecule is CN(C)c1ncnc2c1ccn2[C@@H]1O[C@@H](CO)[C@@H](O)[C@H]1O. The summed E-state index contributed by atoms with van der Waals surface area (Å²) in [5, 5.41) is 29.9. The predicted octanol–water partition coefficient (Wildman–Crippen LogP) is -0.891. The summed E-state index contributed by atoms with van der Waals surface area (Å²) in [6.45, 7) is -0.355.